The molecule has 4 rings (SSSR count). The molecule has 0 fully saturated rings. The van der Waals surface area contributed by atoms with Crippen LogP contribution in [0.4, 0.5) is 0 Å². The molecule has 0 saturated heterocycles. The predicted octanol–water partition coefficient (Wildman–Crippen LogP) is 3.61. The molecule has 27 heavy (non-hydrogen) atoms. The summed E-state index contributed by atoms with van der Waals surface area (Å²) in [6, 6.07) is 11.6. The van der Waals surface area contributed by atoms with Gasteiger partial charge in [0.25, 0.3) is 5.91 Å². The molecular formula is C19H17N5O2S. The number of rotatable bonds is 6. The Bertz CT molecular complexity index is 1030. The second kappa shape index (κ2) is 7.55. The number of amides is 1. The Morgan fingerprint density at radius 1 is 1.22 bits per heavy atom. The smallest absolute Gasteiger partial charge is 0.251 e. The van der Waals surface area contributed by atoms with E-state index in [-0.39, 0.29) is 12.5 Å². The van der Waals surface area contributed by atoms with Crippen LogP contribution < -0.4 is 5.32 Å². The van der Waals surface area contributed by atoms with Gasteiger partial charge in [-0.05, 0) is 36.1 Å². The summed E-state index contributed by atoms with van der Waals surface area (Å²) < 4.78 is 6.99. The number of nitrogens with one attached hydrogen (secondary N) is 1. The summed E-state index contributed by atoms with van der Waals surface area (Å²) in [5.41, 5.74) is 2.46. The standard InChI is InChI=1S/C19H17N5O2S/c1-2-24-12-15(10-21-24)18-22-17(26-23-18)11-20-19(25)14-7-5-13(6-8-14)16-4-3-9-27-16/h3-10,12H,2,11H2,1H3,(H,20,25). The molecule has 0 atom stereocenters. The molecule has 1 N–H and O–H groups in total. The van der Waals surface area contributed by atoms with E-state index < -0.39 is 0 Å². The van der Waals surface area contributed by atoms with Gasteiger partial charge in [-0.1, -0.05) is 23.4 Å². The van der Waals surface area contributed by atoms with E-state index in [1.54, 1.807) is 22.2 Å². The molecule has 0 unspecified atom stereocenters. The van der Waals surface area contributed by atoms with E-state index >= 15 is 0 Å². The largest absolute Gasteiger partial charge is 0.343 e. The number of nitrogens with zero attached hydrogens (tertiary/aromatic N) is 4. The molecule has 0 bridgehead atoms. The summed E-state index contributed by atoms with van der Waals surface area (Å²) in [4.78, 5) is 17.8. The fraction of sp³-hybridized carbons (Fsp3) is 0.158. The third-order valence-corrected chi connectivity index (χ3v) is 4.96. The molecule has 4 aromatic rings. The third kappa shape index (κ3) is 3.80. The number of carbonyl (C=O) groups is 1. The second-order valence-corrected chi connectivity index (χ2v) is 6.78. The Labute approximate surface area is 159 Å². The zero-order valence-electron chi connectivity index (χ0n) is 14.6. The second-order valence-electron chi connectivity index (χ2n) is 5.83. The Balaban J connectivity index is 1.38. The summed E-state index contributed by atoms with van der Waals surface area (Å²) in [5.74, 6) is 0.614. The summed E-state index contributed by atoms with van der Waals surface area (Å²) in [7, 11) is 0. The first kappa shape index (κ1) is 17.2. The summed E-state index contributed by atoms with van der Waals surface area (Å²) in [6.07, 6.45) is 3.54. The van der Waals surface area contributed by atoms with Crippen molar-refractivity contribution in [2.45, 2.75) is 20.0 Å². The number of aryl methyl sites for hydroxylation is 1. The van der Waals surface area contributed by atoms with Crippen molar-refractivity contribution in [3.63, 3.8) is 0 Å². The zero-order chi connectivity index (χ0) is 18.6. The maximum Gasteiger partial charge on any atom is 0.251 e. The van der Waals surface area contributed by atoms with Crippen LogP contribution in [0.1, 0.15) is 23.2 Å². The summed E-state index contributed by atoms with van der Waals surface area (Å²) in [5, 5.41) is 12.9. The molecule has 0 spiro atoms. The van der Waals surface area contributed by atoms with E-state index in [4.69, 9.17) is 4.52 Å². The van der Waals surface area contributed by atoms with Crippen LogP contribution in [0, 0.1) is 0 Å². The van der Waals surface area contributed by atoms with Crippen LogP contribution in [0.15, 0.2) is 58.7 Å². The van der Waals surface area contributed by atoms with Crippen molar-refractivity contribution in [3.05, 3.63) is 65.6 Å². The predicted molar refractivity (Wildman–Crippen MR) is 102 cm³/mol. The quantitative estimate of drug-likeness (QED) is 0.553. The van der Waals surface area contributed by atoms with Crippen LogP contribution in [0.5, 0.6) is 0 Å². The number of aromatic nitrogens is 4. The van der Waals surface area contributed by atoms with Crippen molar-refractivity contribution < 1.29 is 9.32 Å². The molecule has 3 heterocycles. The molecule has 3 aromatic heterocycles. The van der Waals surface area contributed by atoms with Crippen LogP contribution >= 0.6 is 11.3 Å². The normalized spacial score (nSPS) is 10.9. The minimum atomic E-state index is -0.189. The molecule has 136 valence electrons. The molecule has 7 nitrogen and oxygen atoms in total. The minimum Gasteiger partial charge on any atom is -0.343 e. The van der Waals surface area contributed by atoms with Gasteiger partial charge in [-0.2, -0.15) is 10.1 Å². The number of hydrogen-bond acceptors (Lipinski definition) is 6. The summed E-state index contributed by atoms with van der Waals surface area (Å²) in [6.45, 7) is 2.94. The Morgan fingerprint density at radius 3 is 2.78 bits per heavy atom. The topological polar surface area (TPSA) is 85.8 Å². The third-order valence-electron chi connectivity index (χ3n) is 4.04. The van der Waals surface area contributed by atoms with Crippen molar-refractivity contribution in [1.82, 2.24) is 25.2 Å². The molecule has 1 aromatic carbocycles. The van der Waals surface area contributed by atoms with Crippen molar-refractivity contribution in [2.24, 2.45) is 0 Å². The molecular weight excluding hydrogens is 362 g/mol. The number of hydrogen-bond donors (Lipinski definition) is 1. The first-order valence-electron chi connectivity index (χ1n) is 8.50. The van der Waals surface area contributed by atoms with E-state index in [0.29, 0.717) is 17.3 Å². The molecule has 0 aliphatic rings. The lowest BCUT2D eigenvalue weighted by atomic mass is 10.1. The van der Waals surface area contributed by atoms with Gasteiger partial charge in [-0.15, -0.1) is 11.3 Å². The minimum absolute atomic E-state index is 0.167. The van der Waals surface area contributed by atoms with Gasteiger partial charge < -0.3 is 9.84 Å². The van der Waals surface area contributed by atoms with E-state index in [0.717, 1.165) is 17.7 Å². The van der Waals surface area contributed by atoms with E-state index in [9.17, 15) is 4.79 Å². The van der Waals surface area contributed by atoms with Crippen LogP contribution in [0.3, 0.4) is 0 Å². The Kier molecular flexibility index (Phi) is 4.80. The number of carbonyl (C=O) groups excluding carboxylic acids is 1. The SMILES string of the molecule is CCn1cc(-c2noc(CNC(=O)c3ccc(-c4cccs4)cc3)n2)cn1. The molecule has 8 heteroatoms. The lowest BCUT2D eigenvalue weighted by Crippen LogP contribution is -2.22. The van der Waals surface area contributed by atoms with Crippen molar-refractivity contribution in [3.8, 4) is 21.8 Å². The van der Waals surface area contributed by atoms with E-state index in [1.807, 2.05) is 48.8 Å². The molecule has 0 aliphatic heterocycles. The summed E-state index contributed by atoms with van der Waals surface area (Å²) >= 11 is 1.67. The van der Waals surface area contributed by atoms with Gasteiger partial charge in [-0.25, -0.2) is 0 Å². The van der Waals surface area contributed by atoms with Crippen molar-refractivity contribution >= 4 is 17.2 Å². The highest BCUT2D eigenvalue weighted by atomic mass is 32.1. The van der Waals surface area contributed by atoms with Gasteiger partial charge in [0, 0.05) is 23.2 Å². The number of benzene rings is 1. The molecule has 0 radical (unpaired) electrons. The van der Waals surface area contributed by atoms with Crippen LogP contribution in [0.25, 0.3) is 21.8 Å². The maximum atomic E-state index is 12.3. The van der Waals surface area contributed by atoms with Crippen LogP contribution in [-0.4, -0.2) is 25.8 Å². The first-order chi connectivity index (χ1) is 13.2. The van der Waals surface area contributed by atoms with Crippen LogP contribution in [-0.2, 0) is 13.1 Å². The van der Waals surface area contributed by atoms with Crippen LogP contribution in [0.2, 0.25) is 0 Å². The highest BCUT2D eigenvalue weighted by Crippen LogP contribution is 2.24. The fourth-order valence-electron chi connectivity index (χ4n) is 2.58. The van der Waals surface area contributed by atoms with Gasteiger partial charge >= 0.3 is 0 Å². The number of thiophene rings is 1. The van der Waals surface area contributed by atoms with E-state index in [1.165, 1.54) is 4.88 Å². The highest BCUT2D eigenvalue weighted by Gasteiger charge is 2.12. The Hall–Kier alpha value is -3.26. The Morgan fingerprint density at radius 2 is 2.07 bits per heavy atom. The molecule has 1 amide bonds. The monoisotopic (exact) mass is 379 g/mol. The van der Waals surface area contributed by atoms with Gasteiger partial charge in [0.15, 0.2) is 0 Å². The maximum absolute atomic E-state index is 12.3. The van der Waals surface area contributed by atoms with Gasteiger partial charge in [0.2, 0.25) is 11.7 Å². The highest BCUT2D eigenvalue weighted by molar-refractivity contribution is 7.13. The van der Waals surface area contributed by atoms with Gasteiger partial charge in [0.1, 0.15) is 0 Å². The van der Waals surface area contributed by atoms with Crippen molar-refractivity contribution in [1.29, 1.82) is 0 Å². The zero-order valence-corrected chi connectivity index (χ0v) is 15.4. The average Bonchev–Trinajstić information content (AvgIpc) is 3.47. The lowest BCUT2D eigenvalue weighted by molar-refractivity contribution is 0.0946. The van der Waals surface area contributed by atoms with E-state index in [2.05, 4.69) is 26.6 Å². The fourth-order valence-corrected chi connectivity index (χ4v) is 3.32. The van der Waals surface area contributed by atoms with Gasteiger partial charge in [-0.3, -0.25) is 9.48 Å². The van der Waals surface area contributed by atoms with Crippen molar-refractivity contribution in [2.75, 3.05) is 0 Å². The first-order valence-corrected chi connectivity index (χ1v) is 9.38. The molecule has 0 saturated carbocycles. The lowest BCUT2D eigenvalue weighted by Gasteiger charge is -2.03. The average molecular weight is 379 g/mol. The molecule has 0 aliphatic carbocycles. The van der Waals surface area contributed by atoms with Gasteiger partial charge in [0.05, 0.1) is 18.3 Å².